The Morgan fingerprint density at radius 3 is 2.44 bits per heavy atom. The summed E-state index contributed by atoms with van der Waals surface area (Å²) >= 11 is 0. The molecular formula is C13H11NO2. The maximum absolute atomic E-state index is 11.9. The van der Waals surface area contributed by atoms with E-state index in [-0.39, 0.29) is 11.8 Å². The van der Waals surface area contributed by atoms with Gasteiger partial charge in [-0.05, 0) is 19.1 Å². The van der Waals surface area contributed by atoms with Crippen molar-refractivity contribution in [3.63, 3.8) is 0 Å². The van der Waals surface area contributed by atoms with Crippen molar-refractivity contribution in [1.29, 1.82) is 0 Å². The number of rotatable bonds is 2. The van der Waals surface area contributed by atoms with Gasteiger partial charge < -0.3 is 0 Å². The van der Waals surface area contributed by atoms with Crippen LogP contribution in [0.5, 0.6) is 0 Å². The molecule has 2 amide bonds. The Bertz CT molecular complexity index is 486. The molecule has 0 atom stereocenters. The predicted molar refractivity (Wildman–Crippen MR) is 61.8 cm³/mol. The second kappa shape index (κ2) is 4.14. The number of anilines is 1. The zero-order valence-electron chi connectivity index (χ0n) is 8.88. The third-order valence-electron chi connectivity index (χ3n) is 2.31. The zero-order valence-corrected chi connectivity index (χ0v) is 8.88. The summed E-state index contributed by atoms with van der Waals surface area (Å²) in [5.74, 6) is -0.557. The van der Waals surface area contributed by atoms with Crippen molar-refractivity contribution in [3.8, 4) is 0 Å². The maximum atomic E-state index is 11.9. The van der Waals surface area contributed by atoms with Crippen molar-refractivity contribution in [3.05, 3.63) is 54.1 Å². The summed E-state index contributed by atoms with van der Waals surface area (Å²) in [5.41, 5.74) is 1.03. The highest BCUT2D eigenvalue weighted by Gasteiger charge is 2.30. The van der Waals surface area contributed by atoms with E-state index in [1.54, 1.807) is 36.4 Å². The first-order chi connectivity index (χ1) is 7.74. The van der Waals surface area contributed by atoms with Crippen molar-refractivity contribution < 1.29 is 9.59 Å². The molecule has 3 nitrogen and oxygen atoms in total. The second-order valence-electron chi connectivity index (χ2n) is 3.41. The summed E-state index contributed by atoms with van der Waals surface area (Å²) in [6, 6.07) is 8.91. The molecule has 0 fully saturated rings. The molecule has 0 aromatic heterocycles. The van der Waals surface area contributed by atoms with Crippen LogP contribution in [-0.2, 0) is 9.59 Å². The average molecular weight is 213 g/mol. The molecule has 0 saturated carbocycles. The van der Waals surface area contributed by atoms with Gasteiger partial charge in [0.25, 0.3) is 11.8 Å². The number of nitrogens with zero attached hydrogens (tertiary/aromatic N) is 1. The van der Waals surface area contributed by atoms with Crippen LogP contribution in [0.3, 0.4) is 0 Å². The Morgan fingerprint density at radius 2 is 1.81 bits per heavy atom. The van der Waals surface area contributed by atoms with Crippen LogP contribution < -0.4 is 4.90 Å². The summed E-state index contributed by atoms with van der Waals surface area (Å²) in [7, 11) is 0. The molecule has 1 aliphatic heterocycles. The normalized spacial score (nSPS) is 16.1. The van der Waals surface area contributed by atoms with Crippen LogP contribution in [0.1, 0.15) is 6.92 Å². The minimum absolute atomic E-state index is 0.269. The van der Waals surface area contributed by atoms with Gasteiger partial charge in [-0.2, -0.15) is 0 Å². The van der Waals surface area contributed by atoms with Gasteiger partial charge in [0.15, 0.2) is 0 Å². The molecule has 16 heavy (non-hydrogen) atoms. The number of para-hydroxylation sites is 1. The Kier molecular flexibility index (Phi) is 2.68. The van der Waals surface area contributed by atoms with Crippen LogP contribution in [0.2, 0.25) is 0 Å². The number of carbonyl (C=O) groups is 2. The van der Waals surface area contributed by atoms with Crippen molar-refractivity contribution in [2.75, 3.05) is 4.90 Å². The lowest BCUT2D eigenvalue weighted by atomic mass is 10.2. The van der Waals surface area contributed by atoms with Gasteiger partial charge in [-0.25, -0.2) is 4.90 Å². The van der Waals surface area contributed by atoms with Crippen molar-refractivity contribution in [2.45, 2.75) is 6.92 Å². The Morgan fingerprint density at radius 1 is 1.12 bits per heavy atom. The molecule has 0 unspecified atom stereocenters. The summed E-state index contributed by atoms with van der Waals surface area (Å²) in [5, 5.41) is 0. The fourth-order valence-electron chi connectivity index (χ4n) is 1.61. The molecule has 2 rings (SSSR count). The van der Waals surface area contributed by atoms with E-state index in [2.05, 4.69) is 0 Å². The van der Waals surface area contributed by atoms with Crippen LogP contribution in [0.25, 0.3) is 0 Å². The number of hydrogen-bond acceptors (Lipinski definition) is 2. The molecule has 0 bridgehead atoms. The van der Waals surface area contributed by atoms with Crippen LogP contribution >= 0.6 is 0 Å². The smallest absolute Gasteiger partial charge is 0.265 e. The van der Waals surface area contributed by atoms with Gasteiger partial charge in [-0.1, -0.05) is 30.4 Å². The molecule has 1 aromatic carbocycles. The van der Waals surface area contributed by atoms with Crippen LogP contribution in [-0.4, -0.2) is 11.8 Å². The summed E-state index contributed by atoms with van der Waals surface area (Å²) in [4.78, 5) is 24.7. The van der Waals surface area contributed by atoms with Gasteiger partial charge in [0.1, 0.15) is 0 Å². The van der Waals surface area contributed by atoms with E-state index >= 15 is 0 Å². The van der Waals surface area contributed by atoms with Crippen LogP contribution in [0.4, 0.5) is 5.69 Å². The molecule has 1 heterocycles. The lowest BCUT2D eigenvalue weighted by molar-refractivity contribution is -0.120. The number of carbonyl (C=O) groups excluding carboxylic acids is 2. The molecule has 1 aromatic rings. The minimum Gasteiger partial charge on any atom is -0.269 e. The van der Waals surface area contributed by atoms with E-state index in [0.29, 0.717) is 11.3 Å². The van der Waals surface area contributed by atoms with Gasteiger partial charge in [-0.3, -0.25) is 9.59 Å². The summed E-state index contributed by atoms with van der Waals surface area (Å²) < 4.78 is 0. The van der Waals surface area contributed by atoms with Gasteiger partial charge in [0.05, 0.1) is 5.69 Å². The highest BCUT2D eigenvalue weighted by molar-refractivity contribution is 6.31. The molecule has 0 radical (unpaired) electrons. The lowest BCUT2D eigenvalue weighted by Gasteiger charge is -2.13. The largest absolute Gasteiger partial charge is 0.269 e. The first-order valence-electron chi connectivity index (χ1n) is 5.02. The molecule has 0 spiro atoms. The van der Waals surface area contributed by atoms with Crippen LogP contribution in [0, 0.1) is 0 Å². The number of amides is 2. The molecular weight excluding hydrogens is 202 g/mol. The van der Waals surface area contributed by atoms with Crippen molar-refractivity contribution in [1.82, 2.24) is 0 Å². The van der Waals surface area contributed by atoms with Gasteiger partial charge in [-0.15, -0.1) is 0 Å². The van der Waals surface area contributed by atoms with E-state index < -0.39 is 0 Å². The lowest BCUT2D eigenvalue weighted by Crippen LogP contribution is -2.30. The third-order valence-corrected chi connectivity index (χ3v) is 2.31. The Hall–Kier alpha value is -2.16. The molecule has 0 saturated heterocycles. The molecule has 3 heteroatoms. The van der Waals surface area contributed by atoms with Gasteiger partial charge in [0, 0.05) is 11.6 Å². The average Bonchev–Trinajstić information content (AvgIpc) is 2.56. The fourth-order valence-corrected chi connectivity index (χ4v) is 1.61. The number of imide groups is 1. The van der Waals surface area contributed by atoms with Gasteiger partial charge >= 0.3 is 0 Å². The summed E-state index contributed by atoms with van der Waals surface area (Å²) in [6.45, 7) is 1.81. The monoisotopic (exact) mass is 213 g/mol. The first kappa shape index (κ1) is 10.4. The fraction of sp³-hybridized carbons (Fsp3) is 0.0769. The van der Waals surface area contributed by atoms with E-state index in [0.717, 1.165) is 0 Å². The highest BCUT2D eigenvalue weighted by atomic mass is 16.2. The Balaban J connectivity index is 2.35. The topological polar surface area (TPSA) is 37.4 Å². The number of benzene rings is 1. The third kappa shape index (κ3) is 1.67. The highest BCUT2D eigenvalue weighted by Crippen LogP contribution is 2.22. The standard InChI is InChI=1S/C13H11NO2/c1-2-6-10-9-12(15)14(13(10)16)11-7-4-3-5-8-11/h2-9H,1H3/b6-2+. The van der Waals surface area contributed by atoms with Crippen molar-refractivity contribution in [2.24, 2.45) is 0 Å². The van der Waals surface area contributed by atoms with Gasteiger partial charge in [0.2, 0.25) is 0 Å². The maximum Gasteiger partial charge on any atom is 0.265 e. The quantitative estimate of drug-likeness (QED) is 0.705. The molecule has 1 aliphatic rings. The van der Waals surface area contributed by atoms with E-state index in [4.69, 9.17) is 0 Å². The van der Waals surface area contributed by atoms with E-state index in [1.165, 1.54) is 11.0 Å². The molecule has 0 N–H and O–H groups in total. The van der Waals surface area contributed by atoms with E-state index in [9.17, 15) is 9.59 Å². The number of allylic oxidation sites excluding steroid dienone is 1. The molecule has 0 aliphatic carbocycles. The van der Waals surface area contributed by atoms with E-state index in [1.807, 2.05) is 13.0 Å². The summed E-state index contributed by atoms with van der Waals surface area (Å²) in [6.07, 6.45) is 4.74. The zero-order chi connectivity index (χ0) is 11.5. The first-order valence-corrected chi connectivity index (χ1v) is 5.02. The minimum atomic E-state index is -0.288. The molecule has 80 valence electrons. The predicted octanol–water partition coefficient (Wildman–Crippen LogP) is 2.06. The van der Waals surface area contributed by atoms with Crippen molar-refractivity contribution >= 4 is 17.5 Å². The number of hydrogen-bond donors (Lipinski definition) is 0. The Labute approximate surface area is 93.7 Å². The SMILES string of the molecule is C/C=C/C1=CC(=O)N(c2ccccc2)C1=O. The van der Waals surface area contributed by atoms with Crippen LogP contribution in [0.15, 0.2) is 54.1 Å². The second-order valence-corrected chi connectivity index (χ2v) is 3.41.